The van der Waals surface area contributed by atoms with Crippen molar-refractivity contribution in [1.29, 1.82) is 0 Å². The Hall–Kier alpha value is -1.71. The van der Waals surface area contributed by atoms with Crippen molar-refractivity contribution in [3.05, 3.63) is 58.6 Å². The van der Waals surface area contributed by atoms with E-state index in [0.717, 1.165) is 69.4 Å². The van der Waals surface area contributed by atoms with E-state index in [1.54, 1.807) is 0 Å². The van der Waals surface area contributed by atoms with Crippen molar-refractivity contribution in [2.24, 2.45) is 0 Å². The number of hydrogen-bond donors (Lipinski definition) is 0. The standard InChI is InChI=1S/C22H27ClN2O/c23-21-16-18-6-4-7-19(18)17-22(21)26-15-5-10-24-11-13-25(14-12-24)20-8-2-1-3-9-20/h1-3,8-9,16-17H,4-7,10-15H2. The predicted octanol–water partition coefficient (Wildman–Crippen LogP) is 4.42. The molecule has 0 aromatic heterocycles. The Balaban J connectivity index is 1.19. The van der Waals surface area contributed by atoms with Gasteiger partial charge in [-0.15, -0.1) is 0 Å². The number of nitrogens with zero attached hydrogens (tertiary/aromatic N) is 2. The maximum Gasteiger partial charge on any atom is 0.138 e. The van der Waals surface area contributed by atoms with Crippen molar-refractivity contribution in [2.75, 3.05) is 44.2 Å². The summed E-state index contributed by atoms with van der Waals surface area (Å²) < 4.78 is 5.97. The quantitative estimate of drug-likeness (QED) is 0.700. The molecule has 138 valence electrons. The molecule has 0 spiro atoms. The predicted molar refractivity (Wildman–Crippen MR) is 109 cm³/mol. The number of para-hydroxylation sites is 1. The molecule has 0 saturated carbocycles. The summed E-state index contributed by atoms with van der Waals surface area (Å²) in [6.45, 7) is 6.26. The lowest BCUT2D eigenvalue weighted by Crippen LogP contribution is -2.46. The monoisotopic (exact) mass is 370 g/mol. The van der Waals surface area contributed by atoms with Gasteiger partial charge in [0.25, 0.3) is 0 Å². The summed E-state index contributed by atoms with van der Waals surface area (Å²) in [5.74, 6) is 0.862. The first-order valence-corrected chi connectivity index (χ1v) is 10.1. The van der Waals surface area contributed by atoms with Crippen molar-refractivity contribution in [1.82, 2.24) is 4.90 Å². The van der Waals surface area contributed by atoms with Gasteiger partial charge >= 0.3 is 0 Å². The molecule has 1 heterocycles. The van der Waals surface area contributed by atoms with E-state index in [9.17, 15) is 0 Å². The van der Waals surface area contributed by atoms with Crippen LogP contribution in [0.5, 0.6) is 5.75 Å². The molecule has 1 fully saturated rings. The number of hydrogen-bond acceptors (Lipinski definition) is 3. The first-order chi connectivity index (χ1) is 12.8. The maximum absolute atomic E-state index is 6.37. The van der Waals surface area contributed by atoms with Gasteiger partial charge in [0.1, 0.15) is 5.75 Å². The highest BCUT2D eigenvalue weighted by atomic mass is 35.5. The molecule has 0 atom stereocenters. The van der Waals surface area contributed by atoms with Crippen LogP contribution in [0.15, 0.2) is 42.5 Å². The highest BCUT2D eigenvalue weighted by Gasteiger charge is 2.17. The average Bonchev–Trinajstić information content (AvgIpc) is 3.13. The van der Waals surface area contributed by atoms with Gasteiger partial charge in [-0.2, -0.15) is 0 Å². The third-order valence-electron chi connectivity index (χ3n) is 5.52. The molecule has 0 bridgehead atoms. The van der Waals surface area contributed by atoms with Gasteiger partial charge in [0.15, 0.2) is 0 Å². The van der Waals surface area contributed by atoms with E-state index < -0.39 is 0 Å². The van der Waals surface area contributed by atoms with Crippen LogP contribution in [0.4, 0.5) is 5.69 Å². The minimum atomic E-state index is 0.734. The van der Waals surface area contributed by atoms with E-state index in [2.05, 4.69) is 52.3 Å². The van der Waals surface area contributed by atoms with Crippen molar-refractivity contribution in [2.45, 2.75) is 25.7 Å². The largest absolute Gasteiger partial charge is 0.492 e. The second-order valence-corrected chi connectivity index (χ2v) is 7.68. The molecular formula is C22H27ClN2O. The van der Waals surface area contributed by atoms with Crippen LogP contribution in [0.2, 0.25) is 5.02 Å². The van der Waals surface area contributed by atoms with Gasteiger partial charge in [-0.25, -0.2) is 0 Å². The molecule has 0 unspecified atom stereocenters. The number of rotatable bonds is 6. The molecule has 2 aromatic carbocycles. The lowest BCUT2D eigenvalue weighted by molar-refractivity contribution is 0.224. The second-order valence-electron chi connectivity index (χ2n) is 7.27. The zero-order valence-electron chi connectivity index (χ0n) is 15.3. The Bertz CT molecular complexity index is 726. The van der Waals surface area contributed by atoms with Gasteiger partial charge in [-0.3, -0.25) is 4.90 Å². The average molecular weight is 371 g/mol. The number of aryl methyl sites for hydroxylation is 2. The Labute approximate surface area is 161 Å². The number of halogens is 1. The summed E-state index contributed by atoms with van der Waals surface area (Å²) in [6, 6.07) is 15.0. The van der Waals surface area contributed by atoms with Crippen LogP contribution in [-0.4, -0.2) is 44.2 Å². The summed E-state index contributed by atoms with van der Waals surface area (Å²) in [5, 5.41) is 0.766. The van der Waals surface area contributed by atoms with E-state index in [0.29, 0.717) is 0 Å². The van der Waals surface area contributed by atoms with E-state index in [1.807, 2.05) is 0 Å². The lowest BCUT2D eigenvalue weighted by atomic mass is 10.1. The molecule has 0 amide bonds. The third-order valence-corrected chi connectivity index (χ3v) is 5.81. The Kier molecular flexibility index (Phi) is 5.66. The number of anilines is 1. The van der Waals surface area contributed by atoms with Gasteiger partial charge in [0.05, 0.1) is 11.6 Å². The van der Waals surface area contributed by atoms with Crippen molar-refractivity contribution in [3.8, 4) is 5.75 Å². The summed E-state index contributed by atoms with van der Waals surface area (Å²) in [6.07, 6.45) is 4.60. The fourth-order valence-corrected chi connectivity index (χ4v) is 4.26. The molecule has 1 aliphatic carbocycles. The van der Waals surface area contributed by atoms with Crippen molar-refractivity contribution in [3.63, 3.8) is 0 Å². The SMILES string of the molecule is Clc1cc2c(cc1OCCCN1CCN(c3ccccc3)CC1)CCC2. The molecular weight excluding hydrogens is 344 g/mol. The Morgan fingerprint density at radius 3 is 2.42 bits per heavy atom. The zero-order valence-corrected chi connectivity index (χ0v) is 16.0. The summed E-state index contributed by atoms with van der Waals surface area (Å²) >= 11 is 6.37. The number of benzene rings is 2. The molecule has 2 aromatic rings. The molecule has 3 nitrogen and oxygen atoms in total. The number of ether oxygens (including phenoxy) is 1. The molecule has 0 radical (unpaired) electrons. The smallest absolute Gasteiger partial charge is 0.138 e. The highest BCUT2D eigenvalue weighted by Crippen LogP contribution is 2.33. The second kappa shape index (κ2) is 8.32. The Morgan fingerprint density at radius 1 is 0.923 bits per heavy atom. The fraction of sp³-hybridized carbons (Fsp3) is 0.455. The topological polar surface area (TPSA) is 15.7 Å². The first-order valence-electron chi connectivity index (χ1n) is 9.76. The summed E-state index contributed by atoms with van der Waals surface area (Å²) in [7, 11) is 0. The van der Waals surface area contributed by atoms with Crippen LogP contribution in [0.3, 0.4) is 0 Å². The summed E-state index contributed by atoms with van der Waals surface area (Å²) in [4.78, 5) is 5.00. The third kappa shape index (κ3) is 4.16. The van der Waals surface area contributed by atoms with Gasteiger partial charge in [0.2, 0.25) is 0 Å². The van der Waals surface area contributed by atoms with Gasteiger partial charge in [0, 0.05) is 38.4 Å². The van der Waals surface area contributed by atoms with E-state index >= 15 is 0 Å². The van der Waals surface area contributed by atoms with Gasteiger partial charge < -0.3 is 9.64 Å². The van der Waals surface area contributed by atoms with Crippen LogP contribution in [0.1, 0.15) is 24.0 Å². The molecule has 4 rings (SSSR count). The van der Waals surface area contributed by atoms with E-state index in [4.69, 9.17) is 16.3 Å². The van der Waals surface area contributed by atoms with Crippen LogP contribution < -0.4 is 9.64 Å². The lowest BCUT2D eigenvalue weighted by Gasteiger charge is -2.36. The number of piperazine rings is 1. The maximum atomic E-state index is 6.37. The van der Waals surface area contributed by atoms with Crippen LogP contribution in [0, 0.1) is 0 Å². The van der Waals surface area contributed by atoms with Crippen LogP contribution in [0.25, 0.3) is 0 Å². The summed E-state index contributed by atoms with van der Waals surface area (Å²) in [5.41, 5.74) is 4.15. The normalized spacial score (nSPS) is 17.3. The molecule has 4 heteroatoms. The highest BCUT2D eigenvalue weighted by molar-refractivity contribution is 6.32. The molecule has 1 aliphatic heterocycles. The zero-order chi connectivity index (χ0) is 17.8. The molecule has 26 heavy (non-hydrogen) atoms. The van der Waals surface area contributed by atoms with Gasteiger partial charge in [-0.05, 0) is 61.1 Å². The van der Waals surface area contributed by atoms with Crippen molar-refractivity contribution >= 4 is 17.3 Å². The molecule has 0 N–H and O–H groups in total. The minimum absolute atomic E-state index is 0.734. The Morgan fingerprint density at radius 2 is 1.65 bits per heavy atom. The van der Waals surface area contributed by atoms with E-state index in [-0.39, 0.29) is 0 Å². The van der Waals surface area contributed by atoms with E-state index in [1.165, 1.54) is 23.2 Å². The van der Waals surface area contributed by atoms with Crippen LogP contribution in [-0.2, 0) is 12.8 Å². The minimum Gasteiger partial charge on any atom is -0.492 e. The molecule has 2 aliphatic rings. The number of fused-ring (bicyclic) bond motifs is 1. The first kappa shape index (κ1) is 17.7. The molecule has 1 saturated heterocycles. The van der Waals surface area contributed by atoms with Gasteiger partial charge in [-0.1, -0.05) is 29.8 Å². The fourth-order valence-electron chi connectivity index (χ4n) is 4.02. The van der Waals surface area contributed by atoms with Crippen LogP contribution >= 0.6 is 11.6 Å². The van der Waals surface area contributed by atoms with Crippen molar-refractivity contribution < 1.29 is 4.74 Å².